The first-order valence-corrected chi connectivity index (χ1v) is 7.17. The van der Waals surface area contributed by atoms with Gasteiger partial charge in [0.1, 0.15) is 5.82 Å². The van der Waals surface area contributed by atoms with E-state index in [-0.39, 0.29) is 5.91 Å². The fourth-order valence-corrected chi connectivity index (χ4v) is 2.07. The Morgan fingerprint density at radius 2 is 2.16 bits per heavy atom. The van der Waals surface area contributed by atoms with Crippen LogP contribution in [0.1, 0.15) is 49.2 Å². The third-order valence-corrected chi connectivity index (χ3v) is 3.46. The number of aryl methyl sites for hydroxylation is 1. The largest absolute Gasteiger partial charge is 0.370 e. The van der Waals surface area contributed by atoms with Crippen LogP contribution in [0.25, 0.3) is 0 Å². The Hall–Kier alpha value is -1.58. The predicted molar refractivity (Wildman–Crippen MR) is 77.5 cm³/mol. The Kier molecular flexibility index (Phi) is 4.40. The summed E-state index contributed by atoms with van der Waals surface area (Å²) in [5.41, 5.74) is 1.72. The molecule has 1 aromatic heterocycles. The Labute approximate surface area is 115 Å². The van der Waals surface area contributed by atoms with Crippen LogP contribution in [-0.4, -0.2) is 35.4 Å². The molecule has 1 N–H and O–H groups in total. The van der Waals surface area contributed by atoms with Gasteiger partial charge in [0.2, 0.25) is 0 Å². The molecule has 1 aliphatic carbocycles. The van der Waals surface area contributed by atoms with Crippen molar-refractivity contribution in [3.05, 3.63) is 23.4 Å². The number of carbonyl (C=O) groups is 1. The molecule has 0 aliphatic heterocycles. The summed E-state index contributed by atoms with van der Waals surface area (Å²) in [4.78, 5) is 18.8. The second-order valence-electron chi connectivity index (χ2n) is 5.16. The Morgan fingerprint density at radius 3 is 2.74 bits per heavy atom. The molecular weight excluding hydrogens is 238 g/mol. The smallest absolute Gasteiger partial charge is 0.254 e. The first-order valence-electron chi connectivity index (χ1n) is 7.17. The predicted octanol–water partition coefficient (Wildman–Crippen LogP) is 2.70. The van der Waals surface area contributed by atoms with E-state index < -0.39 is 0 Å². The number of nitrogens with zero attached hydrogens (tertiary/aromatic N) is 2. The monoisotopic (exact) mass is 261 g/mol. The van der Waals surface area contributed by atoms with Crippen molar-refractivity contribution in [1.29, 1.82) is 0 Å². The summed E-state index contributed by atoms with van der Waals surface area (Å²) in [6, 6.07) is 4.23. The van der Waals surface area contributed by atoms with Gasteiger partial charge in [-0.1, -0.05) is 13.8 Å². The van der Waals surface area contributed by atoms with Crippen molar-refractivity contribution in [2.45, 2.75) is 45.6 Å². The lowest BCUT2D eigenvalue weighted by atomic mass is 10.1. The van der Waals surface area contributed by atoms with Gasteiger partial charge in [0, 0.05) is 30.9 Å². The highest BCUT2D eigenvalue weighted by atomic mass is 16.2. The average molecular weight is 261 g/mol. The van der Waals surface area contributed by atoms with Gasteiger partial charge in [0.05, 0.1) is 0 Å². The molecule has 19 heavy (non-hydrogen) atoms. The van der Waals surface area contributed by atoms with Crippen LogP contribution in [0.15, 0.2) is 12.1 Å². The Morgan fingerprint density at radius 1 is 1.42 bits per heavy atom. The third-order valence-electron chi connectivity index (χ3n) is 3.46. The zero-order valence-corrected chi connectivity index (χ0v) is 12.1. The second kappa shape index (κ2) is 6.04. The number of aromatic nitrogens is 1. The van der Waals surface area contributed by atoms with Gasteiger partial charge in [-0.25, -0.2) is 4.98 Å². The van der Waals surface area contributed by atoms with E-state index in [0.29, 0.717) is 6.04 Å². The van der Waals surface area contributed by atoms with Crippen molar-refractivity contribution in [1.82, 2.24) is 9.88 Å². The van der Waals surface area contributed by atoms with Crippen molar-refractivity contribution in [3.63, 3.8) is 0 Å². The maximum absolute atomic E-state index is 12.4. The van der Waals surface area contributed by atoms with Crippen molar-refractivity contribution in [2.75, 3.05) is 18.9 Å². The van der Waals surface area contributed by atoms with E-state index in [2.05, 4.69) is 24.1 Å². The highest BCUT2D eigenvalue weighted by molar-refractivity contribution is 5.95. The van der Waals surface area contributed by atoms with Crippen LogP contribution in [0.4, 0.5) is 5.82 Å². The summed E-state index contributed by atoms with van der Waals surface area (Å²) in [7, 11) is 1.89. The van der Waals surface area contributed by atoms with E-state index >= 15 is 0 Å². The fraction of sp³-hybridized carbons (Fsp3) is 0.600. The number of anilines is 1. The first kappa shape index (κ1) is 13.8. The van der Waals surface area contributed by atoms with Gasteiger partial charge in [-0.2, -0.15) is 0 Å². The molecule has 0 radical (unpaired) electrons. The summed E-state index contributed by atoms with van der Waals surface area (Å²) in [6.07, 6.45) is 4.15. The van der Waals surface area contributed by atoms with E-state index in [9.17, 15) is 4.79 Å². The minimum atomic E-state index is 0.110. The standard InChI is InChI=1S/C15H23N3O/c1-4-8-16-14-10-11(9-12(5-2)17-14)15(19)18(3)13-6-7-13/h9-10,13H,4-8H2,1-3H3,(H,16,17). The van der Waals surface area contributed by atoms with E-state index in [1.54, 1.807) is 0 Å². The lowest BCUT2D eigenvalue weighted by Gasteiger charge is -2.17. The number of hydrogen-bond donors (Lipinski definition) is 1. The molecule has 1 aromatic rings. The van der Waals surface area contributed by atoms with Gasteiger partial charge in [0.15, 0.2) is 0 Å². The highest BCUT2D eigenvalue weighted by Crippen LogP contribution is 2.27. The summed E-state index contributed by atoms with van der Waals surface area (Å²) in [6.45, 7) is 5.06. The van der Waals surface area contributed by atoms with Gasteiger partial charge >= 0.3 is 0 Å². The van der Waals surface area contributed by atoms with Crippen LogP contribution < -0.4 is 5.32 Å². The molecule has 1 amide bonds. The van der Waals surface area contributed by atoms with Gasteiger partial charge in [0.25, 0.3) is 5.91 Å². The molecule has 1 saturated carbocycles. The average Bonchev–Trinajstić information content (AvgIpc) is 3.27. The van der Waals surface area contributed by atoms with Gasteiger partial charge < -0.3 is 10.2 Å². The lowest BCUT2D eigenvalue weighted by molar-refractivity contribution is 0.0785. The quantitative estimate of drug-likeness (QED) is 0.856. The van der Waals surface area contributed by atoms with Crippen LogP contribution in [0, 0.1) is 0 Å². The number of nitrogens with one attached hydrogen (secondary N) is 1. The summed E-state index contributed by atoms with van der Waals surface area (Å²) >= 11 is 0. The Bertz CT molecular complexity index is 455. The molecule has 0 unspecified atom stereocenters. The SMILES string of the molecule is CCCNc1cc(C(=O)N(C)C2CC2)cc(CC)n1. The molecule has 0 bridgehead atoms. The molecule has 0 spiro atoms. The van der Waals surface area contributed by atoms with Crippen LogP contribution >= 0.6 is 0 Å². The van der Waals surface area contributed by atoms with Crippen LogP contribution in [0.3, 0.4) is 0 Å². The van der Waals surface area contributed by atoms with Gasteiger partial charge in [-0.05, 0) is 37.8 Å². The second-order valence-corrected chi connectivity index (χ2v) is 5.16. The zero-order chi connectivity index (χ0) is 13.8. The molecule has 1 heterocycles. The summed E-state index contributed by atoms with van der Waals surface area (Å²) in [5, 5.41) is 3.27. The number of hydrogen-bond acceptors (Lipinski definition) is 3. The van der Waals surface area contributed by atoms with Crippen LogP contribution in [0.2, 0.25) is 0 Å². The minimum Gasteiger partial charge on any atom is -0.370 e. The number of carbonyl (C=O) groups excluding carboxylic acids is 1. The van der Waals surface area contributed by atoms with E-state index in [1.165, 1.54) is 0 Å². The zero-order valence-electron chi connectivity index (χ0n) is 12.1. The molecule has 4 heteroatoms. The van der Waals surface area contributed by atoms with Crippen molar-refractivity contribution < 1.29 is 4.79 Å². The fourth-order valence-electron chi connectivity index (χ4n) is 2.07. The highest BCUT2D eigenvalue weighted by Gasteiger charge is 2.30. The molecule has 104 valence electrons. The normalized spacial score (nSPS) is 14.3. The molecular formula is C15H23N3O. The molecule has 0 saturated heterocycles. The Balaban J connectivity index is 2.19. The molecule has 1 aliphatic rings. The van der Waals surface area contributed by atoms with Crippen molar-refractivity contribution in [3.8, 4) is 0 Å². The number of rotatable bonds is 6. The first-order chi connectivity index (χ1) is 9.15. The number of amides is 1. The third kappa shape index (κ3) is 3.46. The molecule has 0 atom stereocenters. The van der Waals surface area contributed by atoms with Crippen LogP contribution in [-0.2, 0) is 6.42 Å². The summed E-state index contributed by atoms with van der Waals surface area (Å²) in [5.74, 6) is 0.924. The molecule has 4 nitrogen and oxygen atoms in total. The van der Waals surface area contributed by atoms with Crippen molar-refractivity contribution >= 4 is 11.7 Å². The minimum absolute atomic E-state index is 0.110. The van der Waals surface area contributed by atoms with E-state index in [1.807, 2.05) is 24.1 Å². The topological polar surface area (TPSA) is 45.2 Å². The maximum Gasteiger partial charge on any atom is 0.254 e. The maximum atomic E-state index is 12.4. The van der Waals surface area contributed by atoms with Crippen molar-refractivity contribution in [2.24, 2.45) is 0 Å². The summed E-state index contributed by atoms with van der Waals surface area (Å²) < 4.78 is 0. The van der Waals surface area contributed by atoms with Gasteiger partial charge in [-0.15, -0.1) is 0 Å². The van der Waals surface area contributed by atoms with E-state index in [0.717, 1.165) is 49.3 Å². The number of pyridine rings is 1. The molecule has 2 rings (SSSR count). The van der Waals surface area contributed by atoms with Crippen LogP contribution in [0.5, 0.6) is 0 Å². The molecule has 1 fully saturated rings. The lowest BCUT2D eigenvalue weighted by Crippen LogP contribution is -2.29. The van der Waals surface area contributed by atoms with Gasteiger partial charge in [-0.3, -0.25) is 4.79 Å². The molecule has 0 aromatic carbocycles. The van der Waals surface area contributed by atoms with E-state index in [4.69, 9.17) is 0 Å².